The van der Waals surface area contributed by atoms with E-state index >= 15 is 0 Å². The first-order valence-corrected chi connectivity index (χ1v) is 8.13. The molecule has 0 unspecified atom stereocenters. The summed E-state index contributed by atoms with van der Waals surface area (Å²) in [5, 5.41) is 0. The highest BCUT2D eigenvalue weighted by molar-refractivity contribution is 5.97. The summed E-state index contributed by atoms with van der Waals surface area (Å²) in [4.78, 5) is 14.0. The molecule has 0 N–H and O–H groups in total. The van der Waals surface area contributed by atoms with Gasteiger partial charge in [-0.3, -0.25) is 4.79 Å². The van der Waals surface area contributed by atoms with Crippen LogP contribution in [0.25, 0.3) is 0 Å². The van der Waals surface area contributed by atoms with Crippen LogP contribution in [0, 0.1) is 17.6 Å². The molecule has 1 aliphatic carbocycles. The van der Waals surface area contributed by atoms with Crippen molar-refractivity contribution in [1.29, 1.82) is 0 Å². The van der Waals surface area contributed by atoms with E-state index in [0.717, 1.165) is 17.9 Å². The fraction of sp³-hybridized carbons (Fsp3) is 0.316. The molecule has 1 amide bonds. The number of benzene rings is 2. The zero-order valence-corrected chi connectivity index (χ0v) is 13.0. The number of nitrogens with zero attached hydrogens (tertiary/aromatic N) is 1. The van der Waals surface area contributed by atoms with E-state index in [-0.39, 0.29) is 23.6 Å². The quantitative estimate of drug-likeness (QED) is 0.859. The Bertz CT molecular complexity index is 772. The van der Waals surface area contributed by atoms with E-state index in [4.69, 9.17) is 4.74 Å². The standard InChI is InChI=1S/C19H17F2NO2/c20-16-6-7-17(21)18-15(16)8-9-22(18)19(23)12-10-14(11-12)24-13-4-2-1-3-5-13/h1-7,12,14H,8-11H2. The molecule has 124 valence electrons. The lowest BCUT2D eigenvalue weighted by atomic mass is 9.81. The smallest absolute Gasteiger partial charge is 0.230 e. The van der Waals surface area contributed by atoms with Crippen LogP contribution >= 0.6 is 0 Å². The van der Waals surface area contributed by atoms with Gasteiger partial charge in [0.2, 0.25) is 5.91 Å². The number of rotatable bonds is 3. The predicted molar refractivity (Wildman–Crippen MR) is 86.0 cm³/mol. The molecule has 2 aromatic rings. The van der Waals surface area contributed by atoms with Crippen molar-refractivity contribution in [2.24, 2.45) is 5.92 Å². The second-order valence-corrected chi connectivity index (χ2v) is 6.32. The highest BCUT2D eigenvalue weighted by Crippen LogP contribution is 2.38. The van der Waals surface area contributed by atoms with E-state index < -0.39 is 11.6 Å². The van der Waals surface area contributed by atoms with Crippen LogP contribution in [0.1, 0.15) is 18.4 Å². The monoisotopic (exact) mass is 329 g/mol. The molecule has 2 aliphatic rings. The zero-order valence-electron chi connectivity index (χ0n) is 13.0. The molecule has 24 heavy (non-hydrogen) atoms. The summed E-state index contributed by atoms with van der Waals surface area (Å²) in [5.74, 6) is -0.513. The summed E-state index contributed by atoms with van der Waals surface area (Å²) in [7, 11) is 0. The Morgan fingerprint density at radius 1 is 1.04 bits per heavy atom. The summed E-state index contributed by atoms with van der Waals surface area (Å²) in [6, 6.07) is 11.7. The molecule has 0 aromatic heterocycles. The molecule has 0 bridgehead atoms. The molecule has 1 aliphatic heterocycles. The van der Waals surface area contributed by atoms with E-state index in [1.807, 2.05) is 30.3 Å². The number of ether oxygens (including phenoxy) is 1. The van der Waals surface area contributed by atoms with E-state index in [0.29, 0.717) is 31.4 Å². The van der Waals surface area contributed by atoms with Gasteiger partial charge < -0.3 is 9.64 Å². The summed E-state index contributed by atoms with van der Waals surface area (Å²) < 4.78 is 33.6. The van der Waals surface area contributed by atoms with Gasteiger partial charge in [-0.25, -0.2) is 8.78 Å². The average Bonchev–Trinajstić information content (AvgIpc) is 3.01. The maximum Gasteiger partial charge on any atom is 0.230 e. The van der Waals surface area contributed by atoms with Crippen LogP contribution in [0.2, 0.25) is 0 Å². The fourth-order valence-electron chi connectivity index (χ4n) is 3.44. The number of hydrogen-bond acceptors (Lipinski definition) is 2. The number of fused-ring (bicyclic) bond motifs is 1. The van der Waals surface area contributed by atoms with Crippen molar-refractivity contribution in [3.8, 4) is 5.75 Å². The second kappa shape index (κ2) is 5.89. The number of amides is 1. The summed E-state index contributed by atoms with van der Waals surface area (Å²) >= 11 is 0. The lowest BCUT2D eigenvalue weighted by molar-refractivity contribution is -0.127. The molecule has 1 heterocycles. The minimum atomic E-state index is -0.534. The highest BCUT2D eigenvalue weighted by Gasteiger charge is 2.41. The SMILES string of the molecule is O=C(C1CC(Oc2ccccc2)C1)N1CCc2c(F)ccc(F)c21. The zero-order chi connectivity index (χ0) is 16.7. The van der Waals surface area contributed by atoms with Crippen molar-refractivity contribution in [2.45, 2.75) is 25.4 Å². The number of anilines is 1. The largest absolute Gasteiger partial charge is 0.490 e. The van der Waals surface area contributed by atoms with E-state index in [1.54, 1.807) is 0 Å². The van der Waals surface area contributed by atoms with Crippen molar-refractivity contribution in [2.75, 3.05) is 11.4 Å². The maximum absolute atomic E-state index is 14.0. The topological polar surface area (TPSA) is 29.5 Å². The minimum absolute atomic E-state index is 0.000722. The van der Waals surface area contributed by atoms with Gasteiger partial charge in [-0.05, 0) is 43.5 Å². The molecule has 4 rings (SSSR count). The first-order valence-electron chi connectivity index (χ1n) is 8.13. The Balaban J connectivity index is 1.42. The van der Waals surface area contributed by atoms with Crippen molar-refractivity contribution in [3.05, 3.63) is 59.7 Å². The van der Waals surface area contributed by atoms with Crippen molar-refractivity contribution in [1.82, 2.24) is 0 Å². The number of hydrogen-bond donors (Lipinski definition) is 0. The second-order valence-electron chi connectivity index (χ2n) is 6.32. The lowest BCUT2D eigenvalue weighted by Crippen LogP contribution is -2.45. The van der Waals surface area contributed by atoms with Crippen molar-refractivity contribution in [3.63, 3.8) is 0 Å². The van der Waals surface area contributed by atoms with Crippen LogP contribution < -0.4 is 9.64 Å². The van der Waals surface area contributed by atoms with Gasteiger partial charge in [-0.15, -0.1) is 0 Å². The van der Waals surface area contributed by atoms with Crippen LogP contribution in [-0.2, 0) is 11.2 Å². The summed E-state index contributed by atoms with van der Waals surface area (Å²) in [6.07, 6.45) is 1.58. The van der Waals surface area contributed by atoms with Gasteiger partial charge in [0, 0.05) is 18.0 Å². The van der Waals surface area contributed by atoms with Crippen molar-refractivity contribution >= 4 is 11.6 Å². The molecular weight excluding hydrogens is 312 g/mol. The molecule has 0 saturated heterocycles. The van der Waals surface area contributed by atoms with Crippen LogP contribution in [0.4, 0.5) is 14.5 Å². The molecule has 5 heteroatoms. The van der Waals surface area contributed by atoms with E-state index in [9.17, 15) is 13.6 Å². The number of halogens is 2. The summed E-state index contributed by atoms with van der Waals surface area (Å²) in [5.41, 5.74) is 0.423. The Morgan fingerprint density at radius 2 is 1.75 bits per heavy atom. The van der Waals surface area contributed by atoms with Gasteiger partial charge in [-0.2, -0.15) is 0 Å². The van der Waals surface area contributed by atoms with Gasteiger partial charge in [0.15, 0.2) is 0 Å². The van der Waals surface area contributed by atoms with Crippen molar-refractivity contribution < 1.29 is 18.3 Å². The van der Waals surface area contributed by atoms with Gasteiger partial charge in [-0.1, -0.05) is 18.2 Å². The fourth-order valence-corrected chi connectivity index (χ4v) is 3.44. The van der Waals surface area contributed by atoms with Crippen LogP contribution in [0.3, 0.4) is 0 Å². The first-order chi connectivity index (χ1) is 11.6. The molecular formula is C19H17F2NO2. The lowest BCUT2D eigenvalue weighted by Gasteiger charge is -2.36. The molecule has 1 saturated carbocycles. The van der Waals surface area contributed by atoms with Gasteiger partial charge >= 0.3 is 0 Å². The predicted octanol–water partition coefficient (Wildman–Crippen LogP) is 3.71. The first kappa shape index (κ1) is 15.1. The van der Waals surface area contributed by atoms with Gasteiger partial charge in [0.25, 0.3) is 0 Å². The summed E-state index contributed by atoms with van der Waals surface area (Å²) in [6.45, 7) is 0.340. The van der Waals surface area contributed by atoms with Gasteiger partial charge in [0.05, 0.1) is 5.69 Å². The highest BCUT2D eigenvalue weighted by atomic mass is 19.1. The Morgan fingerprint density at radius 3 is 2.50 bits per heavy atom. The molecule has 0 radical (unpaired) electrons. The number of carbonyl (C=O) groups is 1. The molecule has 0 atom stereocenters. The molecule has 1 fully saturated rings. The van der Waals surface area contributed by atoms with E-state index in [1.165, 1.54) is 4.90 Å². The Labute approximate surface area is 138 Å². The Hall–Kier alpha value is -2.43. The third-order valence-electron chi connectivity index (χ3n) is 4.79. The van der Waals surface area contributed by atoms with Crippen LogP contribution in [0.15, 0.2) is 42.5 Å². The van der Waals surface area contributed by atoms with E-state index in [2.05, 4.69) is 0 Å². The molecule has 0 spiro atoms. The van der Waals surface area contributed by atoms with Crippen LogP contribution in [-0.4, -0.2) is 18.6 Å². The molecule has 2 aromatic carbocycles. The van der Waals surface area contributed by atoms with Gasteiger partial charge in [0.1, 0.15) is 23.5 Å². The minimum Gasteiger partial charge on any atom is -0.490 e. The third-order valence-corrected chi connectivity index (χ3v) is 4.79. The Kier molecular flexibility index (Phi) is 3.71. The van der Waals surface area contributed by atoms with Crippen LogP contribution in [0.5, 0.6) is 5.75 Å². The normalized spacial score (nSPS) is 22.0. The maximum atomic E-state index is 14.0. The number of carbonyl (C=O) groups excluding carboxylic acids is 1. The molecule has 3 nitrogen and oxygen atoms in total. The number of para-hydroxylation sites is 1. The third kappa shape index (κ3) is 2.54. The average molecular weight is 329 g/mol.